The molecule has 0 aliphatic carbocycles. The minimum absolute atomic E-state index is 0.0970. The minimum atomic E-state index is -0.212. The zero-order valence-electron chi connectivity index (χ0n) is 17.9. The Morgan fingerprint density at radius 2 is 1.73 bits per heavy atom. The molecular formula is C26H20N4O2S. The standard InChI is InChI=1S/C26H20N4O2S/c1-17-13-14-27-23(15-17)30-25(32)20-10-4-5-11-22(20)29-26(30)33-16-24(31)28-21-12-6-8-18-7-2-3-9-19(18)21/h2-15H,16H2,1H3,(H,28,31). The highest BCUT2D eigenvalue weighted by Crippen LogP contribution is 2.24. The Hall–Kier alpha value is -3.97. The van der Waals surface area contributed by atoms with Gasteiger partial charge in [0.25, 0.3) is 5.56 Å². The van der Waals surface area contributed by atoms with Gasteiger partial charge in [0.2, 0.25) is 5.91 Å². The predicted octanol–water partition coefficient (Wildman–Crippen LogP) is 4.97. The zero-order valence-corrected chi connectivity index (χ0v) is 18.7. The Kier molecular flexibility index (Phi) is 5.62. The van der Waals surface area contributed by atoms with Crippen LogP contribution in [0.5, 0.6) is 0 Å². The maximum atomic E-state index is 13.3. The summed E-state index contributed by atoms with van der Waals surface area (Å²) >= 11 is 1.21. The minimum Gasteiger partial charge on any atom is -0.325 e. The average molecular weight is 453 g/mol. The fraction of sp³-hybridized carbons (Fsp3) is 0.0769. The quantitative estimate of drug-likeness (QED) is 0.301. The van der Waals surface area contributed by atoms with Crippen molar-refractivity contribution in [3.63, 3.8) is 0 Å². The number of carbonyl (C=O) groups is 1. The Bertz CT molecular complexity index is 1560. The van der Waals surface area contributed by atoms with E-state index in [1.807, 2.05) is 73.7 Å². The number of para-hydroxylation sites is 1. The van der Waals surface area contributed by atoms with E-state index in [0.717, 1.165) is 22.0 Å². The maximum absolute atomic E-state index is 13.3. The first kappa shape index (κ1) is 20.9. The van der Waals surface area contributed by atoms with Gasteiger partial charge in [-0.05, 0) is 48.2 Å². The first-order valence-electron chi connectivity index (χ1n) is 10.5. The van der Waals surface area contributed by atoms with Crippen molar-refractivity contribution < 1.29 is 4.79 Å². The average Bonchev–Trinajstić information content (AvgIpc) is 2.83. The summed E-state index contributed by atoms with van der Waals surface area (Å²) in [5.74, 6) is 0.400. The second kappa shape index (κ2) is 8.88. The van der Waals surface area contributed by atoms with Crippen LogP contribution in [0, 0.1) is 6.92 Å². The number of aromatic nitrogens is 3. The van der Waals surface area contributed by atoms with Crippen LogP contribution < -0.4 is 10.9 Å². The molecule has 5 rings (SSSR count). The number of anilines is 1. The van der Waals surface area contributed by atoms with Crippen molar-refractivity contribution in [2.75, 3.05) is 11.1 Å². The van der Waals surface area contributed by atoms with Crippen molar-refractivity contribution >= 4 is 45.0 Å². The van der Waals surface area contributed by atoms with Gasteiger partial charge >= 0.3 is 0 Å². The summed E-state index contributed by atoms with van der Waals surface area (Å²) < 4.78 is 1.48. The number of aryl methyl sites for hydroxylation is 1. The Labute approximate surface area is 194 Å². The lowest BCUT2D eigenvalue weighted by Gasteiger charge is -2.13. The van der Waals surface area contributed by atoms with Gasteiger partial charge in [0.05, 0.1) is 16.7 Å². The molecule has 0 radical (unpaired) electrons. The van der Waals surface area contributed by atoms with Gasteiger partial charge in [-0.25, -0.2) is 14.5 Å². The van der Waals surface area contributed by atoms with E-state index >= 15 is 0 Å². The monoisotopic (exact) mass is 452 g/mol. The third-order valence-electron chi connectivity index (χ3n) is 5.27. The molecule has 33 heavy (non-hydrogen) atoms. The third kappa shape index (κ3) is 4.23. The largest absolute Gasteiger partial charge is 0.325 e. The molecule has 0 atom stereocenters. The number of pyridine rings is 1. The van der Waals surface area contributed by atoms with Crippen molar-refractivity contribution in [1.82, 2.24) is 14.5 Å². The number of thioether (sulfide) groups is 1. The van der Waals surface area contributed by atoms with Crippen molar-refractivity contribution in [1.29, 1.82) is 0 Å². The fourth-order valence-electron chi connectivity index (χ4n) is 3.70. The first-order valence-corrected chi connectivity index (χ1v) is 11.4. The molecule has 2 aromatic heterocycles. The molecule has 162 valence electrons. The number of hydrogen-bond donors (Lipinski definition) is 1. The number of hydrogen-bond acceptors (Lipinski definition) is 5. The van der Waals surface area contributed by atoms with Gasteiger partial charge in [0, 0.05) is 17.3 Å². The van der Waals surface area contributed by atoms with E-state index in [-0.39, 0.29) is 17.2 Å². The van der Waals surface area contributed by atoms with Crippen LogP contribution in [-0.4, -0.2) is 26.2 Å². The molecule has 0 aliphatic rings. The van der Waals surface area contributed by atoms with Gasteiger partial charge in [-0.2, -0.15) is 0 Å². The summed E-state index contributed by atoms with van der Waals surface area (Å²) in [4.78, 5) is 35.2. The molecule has 2 heterocycles. The van der Waals surface area contributed by atoms with E-state index in [1.54, 1.807) is 18.3 Å². The Morgan fingerprint density at radius 3 is 2.58 bits per heavy atom. The normalized spacial score (nSPS) is 11.1. The van der Waals surface area contributed by atoms with Crippen LogP contribution in [0.25, 0.3) is 27.5 Å². The molecule has 1 amide bonds. The first-order chi connectivity index (χ1) is 16.1. The molecule has 0 aliphatic heterocycles. The van der Waals surface area contributed by atoms with Crippen molar-refractivity contribution in [2.24, 2.45) is 0 Å². The Morgan fingerprint density at radius 1 is 0.970 bits per heavy atom. The molecule has 0 saturated heterocycles. The second-order valence-corrected chi connectivity index (χ2v) is 8.55. The maximum Gasteiger partial charge on any atom is 0.267 e. The number of amides is 1. The smallest absolute Gasteiger partial charge is 0.267 e. The van der Waals surface area contributed by atoms with Crippen LogP contribution >= 0.6 is 11.8 Å². The summed E-state index contributed by atoms with van der Waals surface area (Å²) in [6.07, 6.45) is 1.66. The summed E-state index contributed by atoms with van der Waals surface area (Å²) in [6.45, 7) is 1.94. The van der Waals surface area contributed by atoms with E-state index < -0.39 is 0 Å². The van der Waals surface area contributed by atoms with Gasteiger partial charge in [-0.1, -0.05) is 60.3 Å². The van der Waals surface area contributed by atoms with Crippen LogP contribution in [0.1, 0.15) is 5.56 Å². The number of nitrogens with zero attached hydrogens (tertiary/aromatic N) is 3. The lowest BCUT2D eigenvalue weighted by atomic mass is 10.1. The molecule has 0 saturated carbocycles. The van der Waals surface area contributed by atoms with Gasteiger partial charge in [-0.15, -0.1) is 0 Å². The molecule has 0 unspecified atom stereocenters. The summed E-state index contributed by atoms with van der Waals surface area (Å²) in [5.41, 5.74) is 2.10. The number of rotatable bonds is 5. The Balaban J connectivity index is 1.47. The van der Waals surface area contributed by atoms with Gasteiger partial charge in [0.15, 0.2) is 5.16 Å². The molecule has 3 aromatic carbocycles. The van der Waals surface area contributed by atoms with E-state index in [2.05, 4.69) is 15.3 Å². The topological polar surface area (TPSA) is 76.9 Å². The number of fused-ring (bicyclic) bond motifs is 2. The van der Waals surface area contributed by atoms with Crippen LogP contribution in [-0.2, 0) is 4.79 Å². The molecular weight excluding hydrogens is 432 g/mol. The summed E-state index contributed by atoms with van der Waals surface area (Å²) in [7, 11) is 0. The lowest BCUT2D eigenvalue weighted by Crippen LogP contribution is -2.23. The number of benzene rings is 3. The zero-order chi connectivity index (χ0) is 22.8. The molecule has 0 bridgehead atoms. The SMILES string of the molecule is Cc1ccnc(-n2c(SCC(=O)Nc3cccc4ccccc34)nc3ccccc3c2=O)c1. The van der Waals surface area contributed by atoms with Crippen LogP contribution in [0.15, 0.2) is 95.0 Å². The van der Waals surface area contributed by atoms with Crippen LogP contribution in [0.2, 0.25) is 0 Å². The highest BCUT2D eigenvalue weighted by Gasteiger charge is 2.16. The van der Waals surface area contributed by atoms with Gasteiger partial charge in [0.1, 0.15) is 5.82 Å². The summed E-state index contributed by atoms with van der Waals surface area (Å²) in [5, 5.41) is 5.94. The molecule has 5 aromatic rings. The molecule has 1 N–H and O–H groups in total. The van der Waals surface area contributed by atoms with Crippen molar-refractivity contribution in [3.8, 4) is 5.82 Å². The van der Waals surface area contributed by atoms with Gasteiger partial charge < -0.3 is 5.32 Å². The fourth-order valence-corrected chi connectivity index (χ4v) is 4.51. The van der Waals surface area contributed by atoms with Crippen LogP contribution in [0.4, 0.5) is 5.69 Å². The number of carbonyl (C=O) groups excluding carboxylic acids is 1. The number of nitrogens with one attached hydrogen (secondary N) is 1. The second-order valence-electron chi connectivity index (χ2n) is 7.61. The van der Waals surface area contributed by atoms with E-state index in [4.69, 9.17) is 0 Å². The third-order valence-corrected chi connectivity index (χ3v) is 6.21. The van der Waals surface area contributed by atoms with E-state index in [1.165, 1.54) is 16.3 Å². The molecule has 7 heteroatoms. The van der Waals surface area contributed by atoms with E-state index in [9.17, 15) is 9.59 Å². The van der Waals surface area contributed by atoms with Crippen LogP contribution in [0.3, 0.4) is 0 Å². The van der Waals surface area contributed by atoms with Crippen molar-refractivity contribution in [3.05, 3.63) is 101 Å². The highest BCUT2D eigenvalue weighted by molar-refractivity contribution is 7.99. The predicted molar refractivity (Wildman–Crippen MR) is 133 cm³/mol. The molecule has 0 fully saturated rings. The highest BCUT2D eigenvalue weighted by atomic mass is 32.2. The molecule has 6 nitrogen and oxygen atoms in total. The van der Waals surface area contributed by atoms with Gasteiger partial charge in [-0.3, -0.25) is 9.59 Å². The summed E-state index contributed by atoms with van der Waals surface area (Å²) in [6, 6.07) is 24.6. The van der Waals surface area contributed by atoms with E-state index in [0.29, 0.717) is 21.9 Å². The van der Waals surface area contributed by atoms with Crippen molar-refractivity contribution in [2.45, 2.75) is 12.1 Å². The molecule has 0 spiro atoms. The lowest BCUT2D eigenvalue weighted by molar-refractivity contribution is -0.113.